The molecule has 1 heterocycles. The van der Waals surface area contributed by atoms with Gasteiger partial charge in [0.25, 0.3) is 0 Å². The fourth-order valence-electron chi connectivity index (χ4n) is 1.40. The van der Waals surface area contributed by atoms with Gasteiger partial charge in [0.2, 0.25) is 0 Å². The first-order valence-electron chi connectivity index (χ1n) is 4.39. The first kappa shape index (κ1) is 9.39. The fourth-order valence-corrected chi connectivity index (χ4v) is 1.65. The molecule has 0 spiro atoms. The minimum Gasteiger partial charge on any atom is -0.343 e. The van der Waals surface area contributed by atoms with E-state index in [0.29, 0.717) is 5.11 Å². The van der Waals surface area contributed by atoms with Gasteiger partial charge in [-0.2, -0.15) is 0 Å². The molecule has 0 aliphatic carbocycles. The maximum absolute atomic E-state index is 5.70. The lowest BCUT2D eigenvalue weighted by molar-refractivity contribution is 0.368. The Morgan fingerprint density at radius 1 is 1.14 bits per heavy atom. The quantitative estimate of drug-likeness (QED) is 0.489. The second-order valence-corrected chi connectivity index (χ2v) is 3.51. The van der Waals surface area contributed by atoms with Gasteiger partial charge >= 0.3 is 0 Å². The first-order valence-corrected chi connectivity index (χ1v) is 4.80. The molecule has 2 atom stereocenters. The summed E-state index contributed by atoms with van der Waals surface area (Å²) in [5.74, 6) is 0. The molecule has 1 aromatic rings. The van der Waals surface area contributed by atoms with Crippen LogP contribution >= 0.6 is 12.2 Å². The molecule has 5 N–H and O–H groups in total. The Hall–Kier alpha value is -1.17. The molecular formula is C9H12N4S. The second-order valence-electron chi connectivity index (χ2n) is 3.11. The van der Waals surface area contributed by atoms with Gasteiger partial charge in [-0.1, -0.05) is 30.3 Å². The standard InChI is InChI=1S/C9H12N4S/c10-8-11-7(12-9(14)13-8)6-4-2-1-3-5-6/h1-5,7-8,11H,10H2,(H2,12,13,14). The van der Waals surface area contributed by atoms with Crippen molar-refractivity contribution in [1.29, 1.82) is 0 Å². The number of nitrogens with one attached hydrogen (secondary N) is 3. The highest BCUT2D eigenvalue weighted by atomic mass is 32.1. The Morgan fingerprint density at radius 2 is 1.86 bits per heavy atom. The van der Waals surface area contributed by atoms with Crippen molar-refractivity contribution in [2.24, 2.45) is 5.73 Å². The van der Waals surface area contributed by atoms with Crippen molar-refractivity contribution in [2.45, 2.75) is 12.5 Å². The molecule has 2 rings (SSSR count). The Labute approximate surface area is 87.9 Å². The van der Waals surface area contributed by atoms with Crippen molar-refractivity contribution in [2.75, 3.05) is 0 Å². The molecule has 0 aromatic heterocycles. The van der Waals surface area contributed by atoms with Crippen LogP contribution in [0.4, 0.5) is 0 Å². The van der Waals surface area contributed by atoms with Crippen molar-refractivity contribution in [3.63, 3.8) is 0 Å². The number of hydrogen-bond acceptors (Lipinski definition) is 3. The summed E-state index contributed by atoms with van der Waals surface area (Å²) in [6.07, 6.45) is -0.311. The molecule has 1 aliphatic heterocycles. The van der Waals surface area contributed by atoms with Gasteiger partial charge in [0, 0.05) is 0 Å². The van der Waals surface area contributed by atoms with E-state index in [-0.39, 0.29) is 12.5 Å². The van der Waals surface area contributed by atoms with E-state index in [1.54, 1.807) is 0 Å². The predicted molar refractivity (Wildman–Crippen MR) is 59.2 cm³/mol. The lowest BCUT2D eigenvalue weighted by Gasteiger charge is -2.32. The smallest absolute Gasteiger partial charge is 0.170 e. The molecule has 0 saturated carbocycles. The van der Waals surface area contributed by atoms with Gasteiger partial charge < -0.3 is 10.6 Å². The minimum absolute atomic E-state index is 0.0139. The summed E-state index contributed by atoms with van der Waals surface area (Å²) in [7, 11) is 0. The molecule has 4 nitrogen and oxygen atoms in total. The van der Waals surface area contributed by atoms with Crippen molar-refractivity contribution in [3.05, 3.63) is 35.9 Å². The summed E-state index contributed by atoms with van der Waals surface area (Å²) in [5.41, 5.74) is 6.82. The van der Waals surface area contributed by atoms with E-state index in [2.05, 4.69) is 16.0 Å². The van der Waals surface area contributed by atoms with E-state index >= 15 is 0 Å². The minimum atomic E-state index is -0.297. The monoisotopic (exact) mass is 208 g/mol. The zero-order valence-corrected chi connectivity index (χ0v) is 8.34. The highest BCUT2D eigenvalue weighted by molar-refractivity contribution is 7.80. The molecule has 0 bridgehead atoms. The number of benzene rings is 1. The maximum Gasteiger partial charge on any atom is 0.170 e. The highest BCUT2D eigenvalue weighted by Crippen LogP contribution is 2.10. The van der Waals surface area contributed by atoms with E-state index in [1.165, 1.54) is 0 Å². The van der Waals surface area contributed by atoms with Crippen LogP contribution in [0.2, 0.25) is 0 Å². The number of rotatable bonds is 1. The average Bonchev–Trinajstić information content (AvgIpc) is 2.18. The van der Waals surface area contributed by atoms with Crippen LogP contribution in [0.3, 0.4) is 0 Å². The second kappa shape index (κ2) is 3.91. The molecule has 1 aromatic carbocycles. The largest absolute Gasteiger partial charge is 0.343 e. The lowest BCUT2D eigenvalue weighted by atomic mass is 10.1. The normalized spacial score (nSPS) is 26.5. The summed E-state index contributed by atoms with van der Waals surface area (Å²) in [4.78, 5) is 0. The third-order valence-electron chi connectivity index (χ3n) is 2.04. The Morgan fingerprint density at radius 3 is 2.50 bits per heavy atom. The van der Waals surface area contributed by atoms with Crippen molar-refractivity contribution in [3.8, 4) is 0 Å². The van der Waals surface area contributed by atoms with Gasteiger partial charge in [0.15, 0.2) is 5.11 Å². The molecule has 1 aliphatic rings. The van der Waals surface area contributed by atoms with Gasteiger partial charge in [-0.25, -0.2) is 0 Å². The molecule has 5 heteroatoms. The van der Waals surface area contributed by atoms with Crippen LogP contribution < -0.4 is 21.7 Å². The number of thiocarbonyl (C=S) groups is 1. The molecule has 2 unspecified atom stereocenters. The predicted octanol–water partition coefficient (Wildman–Crippen LogP) is -0.00520. The van der Waals surface area contributed by atoms with Crippen LogP contribution in [-0.4, -0.2) is 11.4 Å². The summed E-state index contributed by atoms with van der Waals surface area (Å²) in [6.45, 7) is 0. The van der Waals surface area contributed by atoms with Crippen LogP contribution in [0, 0.1) is 0 Å². The highest BCUT2D eigenvalue weighted by Gasteiger charge is 2.20. The molecule has 1 saturated heterocycles. The van der Waals surface area contributed by atoms with E-state index < -0.39 is 0 Å². The summed E-state index contributed by atoms with van der Waals surface area (Å²) in [6, 6.07) is 9.98. The van der Waals surface area contributed by atoms with Crippen LogP contribution in [-0.2, 0) is 0 Å². The van der Waals surface area contributed by atoms with E-state index in [4.69, 9.17) is 18.0 Å². The number of hydrogen-bond donors (Lipinski definition) is 4. The summed E-state index contributed by atoms with van der Waals surface area (Å²) in [5, 5.41) is 9.66. The van der Waals surface area contributed by atoms with Gasteiger partial charge in [0.1, 0.15) is 12.5 Å². The molecule has 74 valence electrons. The molecular weight excluding hydrogens is 196 g/mol. The third kappa shape index (κ3) is 2.01. The zero-order chi connectivity index (χ0) is 9.97. The Balaban J connectivity index is 2.15. The molecule has 1 fully saturated rings. The average molecular weight is 208 g/mol. The van der Waals surface area contributed by atoms with E-state index in [9.17, 15) is 0 Å². The van der Waals surface area contributed by atoms with Crippen LogP contribution in [0.25, 0.3) is 0 Å². The van der Waals surface area contributed by atoms with E-state index in [1.807, 2.05) is 30.3 Å². The summed E-state index contributed by atoms with van der Waals surface area (Å²) >= 11 is 5.02. The van der Waals surface area contributed by atoms with Gasteiger partial charge in [-0.15, -0.1) is 0 Å². The summed E-state index contributed by atoms with van der Waals surface area (Å²) < 4.78 is 0. The topological polar surface area (TPSA) is 62.1 Å². The van der Waals surface area contributed by atoms with E-state index in [0.717, 1.165) is 5.56 Å². The van der Waals surface area contributed by atoms with Crippen LogP contribution in [0.15, 0.2) is 30.3 Å². The maximum atomic E-state index is 5.70. The SMILES string of the molecule is NC1NC(=S)NC(c2ccccc2)N1. The first-order chi connectivity index (χ1) is 6.75. The Bertz CT molecular complexity index is 327. The molecule has 0 amide bonds. The molecule has 0 radical (unpaired) electrons. The van der Waals surface area contributed by atoms with Crippen molar-refractivity contribution in [1.82, 2.24) is 16.0 Å². The van der Waals surface area contributed by atoms with Gasteiger partial charge in [-0.05, 0) is 17.8 Å². The van der Waals surface area contributed by atoms with Gasteiger partial charge in [0.05, 0.1) is 0 Å². The van der Waals surface area contributed by atoms with Crippen molar-refractivity contribution >= 4 is 17.3 Å². The Kier molecular flexibility index (Phi) is 2.62. The molecule has 14 heavy (non-hydrogen) atoms. The van der Waals surface area contributed by atoms with Crippen LogP contribution in [0.1, 0.15) is 11.7 Å². The lowest BCUT2D eigenvalue weighted by Crippen LogP contribution is -2.63. The van der Waals surface area contributed by atoms with Gasteiger partial charge in [-0.3, -0.25) is 11.1 Å². The fraction of sp³-hybridized carbons (Fsp3) is 0.222. The van der Waals surface area contributed by atoms with Crippen LogP contribution in [0.5, 0.6) is 0 Å². The third-order valence-corrected chi connectivity index (χ3v) is 2.28. The zero-order valence-electron chi connectivity index (χ0n) is 7.53. The number of nitrogens with two attached hydrogens (primary N) is 1. The van der Waals surface area contributed by atoms with Crippen molar-refractivity contribution < 1.29 is 0 Å².